The highest BCUT2D eigenvalue weighted by molar-refractivity contribution is 8.00. The number of carbonyl (C=O) groups is 2. The van der Waals surface area contributed by atoms with Crippen molar-refractivity contribution < 1.29 is 18.7 Å². The van der Waals surface area contributed by atoms with Crippen LogP contribution in [0, 0.1) is 0 Å². The second kappa shape index (κ2) is 9.68. The summed E-state index contributed by atoms with van der Waals surface area (Å²) in [6.45, 7) is 1.74. The summed E-state index contributed by atoms with van der Waals surface area (Å²) in [5, 5.41) is 11.2. The van der Waals surface area contributed by atoms with Gasteiger partial charge < -0.3 is 14.5 Å². The lowest BCUT2D eigenvalue weighted by Crippen LogP contribution is -2.14. The molecule has 0 saturated carbocycles. The number of benzene rings is 1. The molecule has 3 rings (SSSR count). The van der Waals surface area contributed by atoms with Crippen molar-refractivity contribution in [1.29, 1.82) is 0 Å². The van der Waals surface area contributed by atoms with Gasteiger partial charge in [-0.05, 0) is 18.2 Å². The summed E-state index contributed by atoms with van der Waals surface area (Å²) in [6.07, 6.45) is 1.44. The third kappa shape index (κ3) is 5.89. The zero-order chi connectivity index (χ0) is 20.8. The van der Waals surface area contributed by atoms with E-state index >= 15 is 0 Å². The predicted octanol–water partition coefficient (Wildman–Crippen LogP) is 4.00. The van der Waals surface area contributed by atoms with E-state index in [9.17, 15) is 14.4 Å². The van der Waals surface area contributed by atoms with Crippen LogP contribution in [0.25, 0.3) is 0 Å². The van der Waals surface area contributed by atoms with Crippen molar-refractivity contribution >= 4 is 51.7 Å². The number of thioether (sulfide) groups is 1. The Balaban J connectivity index is 1.60. The van der Waals surface area contributed by atoms with Crippen LogP contribution < -0.4 is 15.5 Å². The van der Waals surface area contributed by atoms with Gasteiger partial charge in [-0.2, -0.15) is 0 Å². The number of halogens is 1. The van der Waals surface area contributed by atoms with Crippen LogP contribution in [-0.2, 0) is 10.5 Å². The van der Waals surface area contributed by atoms with E-state index in [2.05, 4.69) is 15.5 Å². The Morgan fingerprint density at radius 3 is 2.86 bits per heavy atom. The maximum Gasteiger partial charge on any atom is 0.343 e. The molecule has 1 N–H and O–H groups in total. The Hall–Kier alpha value is -2.69. The highest BCUT2D eigenvalue weighted by Crippen LogP contribution is 2.28. The van der Waals surface area contributed by atoms with Gasteiger partial charge in [-0.3, -0.25) is 9.59 Å². The van der Waals surface area contributed by atoms with Crippen molar-refractivity contribution in [2.75, 3.05) is 5.32 Å². The molecule has 1 amide bonds. The van der Waals surface area contributed by atoms with Gasteiger partial charge in [-0.1, -0.05) is 47.7 Å². The van der Waals surface area contributed by atoms with Crippen LogP contribution in [0.15, 0.2) is 50.1 Å². The molecule has 0 aliphatic rings. The molecule has 11 heteroatoms. The number of ether oxygens (including phenoxy) is 1. The molecule has 0 aliphatic carbocycles. The fourth-order valence-electron chi connectivity index (χ4n) is 2.02. The number of amides is 1. The van der Waals surface area contributed by atoms with Gasteiger partial charge in [0.1, 0.15) is 12.0 Å². The van der Waals surface area contributed by atoms with Gasteiger partial charge in [-0.15, -0.1) is 10.2 Å². The number of anilines is 1. The second-order valence-corrected chi connectivity index (χ2v) is 8.17. The molecule has 0 fully saturated rings. The number of hydrogen-bond donors (Lipinski definition) is 1. The maximum atomic E-state index is 12.2. The van der Waals surface area contributed by atoms with Gasteiger partial charge in [0.05, 0.1) is 11.3 Å². The van der Waals surface area contributed by atoms with Crippen molar-refractivity contribution in [3.63, 3.8) is 0 Å². The summed E-state index contributed by atoms with van der Waals surface area (Å²) in [5.41, 5.74) is -0.269. The van der Waals surface area contributed by atoms with Crippen LogP contribution in [0.1, 0.15) is 29.5 Å². The van der Waals surface area contributed by atoms with Crippen molar-refractivity contribution in [3.05, 3.63) is 63.2 Å². The maximum absolute atomic E-state index is 12.2. The van der Waals surface area contributed by atoms with E-state index in [4.69, 9.17) is 20.8 Å². The van der Waals surface area contributed by atoms with Gasteiger partial charge in [0.2, 0.25) is 22.2 Å². The fraction of sp³-hybridized carbons (Fsp3) is 0.167. The Kier molecular flexibility index (Phi) is 7.02. The molecule has 0 aliphatic heterocycles. The van der Waals surface area contributed by atoms with Crippen LogP contribution >= 0.6 is 34.7 Å². The normalized spacial score (nSPS) is 10.6. The number of nitrogens with one attached hydrogen (secondary N) is 1. The number of rotatable bonds is 7. The molecule has 2 heterocycles. The van der Waals surface area contributed by atoms with Crippen LogP contribution in [0.5, 0.6) is 5.75 Å². The smallest absolute Gasteiger partial charge is 0.343 e. The topological polar surface area (TPSA) is 111 Å². The first kappa shape index (κ1) is 21.0. The van der Waals surface area contributed by atoms with E-state index < -0.39 is 11.4 Å². The molecule has 1 aromatic carbocycles. The molecule has 8 nitrogen and oxygen atoms in total. The quantitative estimate of drug-likeness (QED) is 0.326. The molecule has 0 saturated heterocycles. The molecule has 2 aromatic heterocycles. The summed E-state index contributed by atoms with van der Waals surface area (Å²) in [7, 11) is 0. The van der Waals surface area contributed by atoms with Gasteiger partial charge >= 0.3 is 5.97 Å². The van der Waals surface area contributed by atoms with Crippen LogP contribution in [0.2, 0.25) is 5.02 Å². The first-order valence-corrected chi connectivity index (χ1v) is 10.5. The lowest BCUT2D eigenvalue weighted by Gasteiger charge is -2.04. The molecule has 29 heavy (non-hydrogen) atoms. The molecule has 0 spiro atoms. The van der Waals surface area contributed by atoms with Crippen LogP contribution in [0.3, 0.4) is 0 Å². The number of hydrogen-bond acceptors (Lipinski definition) is 9. The van der Waals surface area contributed by atoms with Gasteiger partial charge in [0, 0.05) is 17.5 Å². The number of aromatic nitrogens is 2. The average Bonchev–Trinajstić information content (AvgIpc) is 3.15. The highest BCUT2D eigenvalue weighted by atomic mass is 35.5. The molecule has 150 valence electrons. The second-order valence-electron chi connectivity index (χ2n) is 5.54. The summed E-state index contributed by atoms with van der Waals surface area (Å²) in [5.74, 6) is -0.390. The zero-order valence-electron chi connectivity index (χ0n) is 15.0. The number of esters is 1. The average molecular weight is 452 g/mol. The first-order chi connectivity index (χ1) is 13.9. The number of nitrogens with zero attached hydrogens (tertiary/aromatic N) is 2. The van der Waals surface area contributed by atoms with E-state index in [1.807, 2.05) is 0 Å². The minimum Gasteiger partial charge on any atom is -0.464 e. The van der Waals surface area contributed by atoms with Crippen molar-refractivity contribution in [2.45, 2.75) is 23.4 Å². The minimum absolute atomic E-state index is 0.147. The lowest BCUT2D eigenvalue weighted by atomic mass is 10.2. The standard InChI is InChI=1S/C18H14ClN3O5S2/c1-2-15(24)20-17-21-22-18(29-17)28-9-12-7-13(23)14(8-26-12)27-16(25)10-4-3-5-11(19)6-10/h3-8H,2,9H2,1H3,(H,20,21,24). The lowest BCUT2D eigenvalue weighted by molar-refractivity contribution is -0.115. The van der Waals surface area contributed by atoms with E-state index in [1.54, 1.807) is 19.1 Å². The highest BCUT2D eigenvalue weighted by Gasteiger charge is 2.14. The van der Waals surface area contributed by atoms with Crippen molar-refractivity contribution in [1.82, 2.24) is 10.2 Å². The molecule has 0 unspecified atom stereocenters. The molecule has 0 bridgehead atoms. The van der Waals surface area contributed by atoms with E-state index in [0.29, 0.717) is 32.4 Å². The van der Waals surface area contributed by atoms with Gasteiger partial charge in [0.15, 0.2) is 4.34 Å². The SMILES string of the molecule is CCC(=O)Nc1nnc(SCc2cc(=O)c(OC(=O)c3cccc(Cl)c3)co2)s1. The minimum atomic E-state index is -0.711. The summed E-state index contributed by atoms with van der Waals surface area (Å²) in [4.78, 5) is 35.7. The van der Waals surface area contributed by atoms with Crippen molar-refractivity contribution in [3.8, 4) is 5.75 Å². The van der Waals surface area contributed by atoms with Crippen LogP contribution in [0.4, 0.5) is 5.13 Å². The van der Waals surface area contributed by atoms with E-state index in [1.165, 1.54) is 41.3 Å². The third-order valence-corrected chi connectivity index (χ3v) is 5.66. The van der Waals surface area contributed by atoms with Crippen LogP contribution in [-0.4, -0.2) is 22.1 Å². The van der Waals surface area contributed by atoms with Gasteiger partial charge in [-0.25, -0.2) is 4.79 Å². The largest absolute Gasteiger partial charge is 0.464 e. The summed E-state index contributed by atoms with van der Waals surface area (Å²) < 4.78 is 11.1. The number of carbonyl (C=O) groups excluding carboxylic acids is 2. The first-order valence-electron chi connectivity index (χ1n) is 8.30. The Bertz CT molecular complexity index is 1100. The van der Waals surface area contributed by atoms with E-state index in [0.717, 1.165) is 6.26 Å². The predicted molar refractivity (Wildman–Crippen MR) is 110 cm³/mol. The molecular formula is C18H14ClN3O5S2. The van der Waals surface area contributed by atoms with Gasteiger partial charge in [0.25, 0.3) is 0 Å². The Morgan fingerprint density at radius 2 is 2.14 bits per heavy atom. The fourth-order valence-corrected chi connectivity index (χ4v) is 3.87. The summed E-state index contributed by atoms with van der Waals surface area (Å²) in [6, 6.07) is 7.44. The monoisotopic (exact) mass is 451 g/mol. The van der Waals surface area contributed by atoms with Crippen molar-refractivity contribution in [2.24, 2.45) is 0 Å². The molecule has 3 aromatic rings. The zero-order valence-corrected chi connectivity index (χ0v) is 17.4. The van der Waals surface area contributed by atoms with E-state index in [-0.39, 0.29) is 17.2 Å². The molecule has 0 atom stereocenters. The Labute approximate surface area is 178 Å². The molecule has 0 radical (unpaired) electrons. The Morgan fingerprint density at radius 1 is 1.31 bits per heavy atom. The third-order valence-electron chi connectivity index (χ3n) is 3.43. The molecular weight excluding hydrogens is 438 g/mol. The summed E-state index contributed by atoms with van der Waals surface area (Å²) >= 11 is 8.36.